The fourth-order valence-corrected chi connectivity index (χ4v) is 2.36. The largest absolute Gasteiger partial charge is 0.469 e. The Bertz CT molecular complexity index is 866. The molecule has 130 valence electrons. The highest BCUT2D eigenvalue weighted by Gasteiger charge is 2.20. The van der Waals surface area contributed by atoms with Crippen molar-refractivity contribution in [2.75, 3.05) is 18.6 Å². The standard InChI is InChI=1S/C17H16N4O3.ClH/c1-24-16(22)7-9-21(15-4-2-3-8-18-15)17(23)12-5-6-13-14(10-12)20-11-19-13;/h2-6,8,10-11H,7,9H2,1H3,(H,19,20);1H. The highest BCUT2D eigenvalue weighted by molar-refractivity contribution is 6.07. The van der Waals surface area contributed by atoms with E-state index in [2.05, 4.69) is 19.7 Å². The van der Waals surface area contributed by atoms with Crippen molar-refractivity contribution in [3.05, 3.63) is 54.5 Å². The normalized spacial score (nSPS) is 10.1. The molecule has 0 bridgehead atoms. The van der Waals surface area contributed by atoms with Crippen molar-refractivity contribution in [1.29, 1.82) is 0 Å². The number of hydrogen-bond donors (Lipinski definition) is 1. The predicted molar refractivity (Wildman–Crippen MR) is 95.9 cm³/mol. The average molecular weight is 361 g/mol. The molecule has 0 radical (unpaired) electrons. The van der Waals surface area contributed by atoms with Crippen molar-refractivity contribution in [2.24, 2.45) is 0 Å². The summed E-state index contributed by atoms with van der Waals surface area (Å²) < 4.78 is 4.66. The van der Waals surface area contributed by atoms with E-state index in [-0.39, 0.29) is 37.2 Å². The molecule has 0 aliphatic rings. The number of rotatable bonds is 5. The van der Waals surface area contributed by atoms with Gasteiger partial charge in [-0.3, -0.25) is 14.5 Å². The number of aromatic amines is 1. The van der Waals surface area contributed by atoms with Crippen LogP contribution in [0.25, 0.3) is 11.0 Å². The predicted octanol–water partition coefficient (Wildman–Crippen LogP) is 2.59. The van der Waals surface area contributed by atoms with Gasteiger partial charge in [0.2, 0.25) is 0 Å². The van der Waals surface area contributed by atoms with Crippen molar-refractivity contribution in [2.45, 2.75) is 6.42 Å². The number of imidazole rings is 1. The lowest BCUT2D eigenvalue weighted by molar-refractivity contribution is -0.140. The number of aromatic nitrogens is 3. The van der Waals surface area contributed by atoms with Gasteiger partial charge >= 0.3 is 5.97 Å². The zero-order valence-electron chi connectivity index (χ0n) is 13.5. The van der Waals surface area contributed by atoms with E-state index in [1.54, 1.807) is 48.9 Å². The quantitative estimate of drug-likeness (QED) is 0.706. The van der Waals surface area contributed by atoms with E-state index in [1.165, 1.54) is 12.0 Å². The molecule has 0 saturated heterocycles. The Kier molecular flexibility index (Phi) is 6.08. The van der Waals surface area contributed by atoms with Crippen molar-refractivity contribution in [1.82, 2.24) is 15.0 Å². The van der Waals surface area contributed by atoms with Gasteiger partial charge in [0.05, 0.1) is 30.9 Å². The summed E-state index contributed by atoms with van der Waals surface area (Å²) in [6.07, 6.45) is 3.27. The molecular weight excluding hydrogens is 344 g/mol. The third kappa shape index (κ3) is 4.13. The molecule has 2 aromatic heterocycles. The molecule has 2 heterocycles. The summed E-state index contributed by atoms with van der Waals surface area (Å²) in [6, 6.07) is 10.5. The molecule has 0 spiro atoms. The molecule has 0 aliphatic carbocycles. The van der Waals surface area contributed by atoms with Crippen LogP contribution in [0.5, 0.6) is 0 Å². The van der Waals surface area contributed by atoms with Crippen molar-refractivity contribution in [3.63, 3.8) is 0 Å². The highest BCUT2D eigenvalue weighted by atomic mass is 35.5. The summed E-state index contributed by atoms with van der Waals surface area (Å²) >= 11 is 0. The molecule has 25 heavy (non-hydrogen) atoms. The van der Waals surface area contributed by atoms with Gasteiger partial charge in [0.1, 0.15) is 5.82 Å². The summed E-state index contributed by atoms with van der Waals surface area (Å²) in [5.74, 6) is -0.141. The summed E-state index contributed by atoms with van der Waals surface area (Å²) in [4.78, 5) is 37.2. The smallest absolute Gasteiger partial charge is 0.307 e. The van der Waals surface area contributed by atoms with Crippen LogP contribution < -0.4 is 4.90 Å². The number of carbonyl (C=O) groups is 2. The van der Waals surface area contributed by atoms with Crippen LogP contribution in [0.2, 0.25) is 0 Å². The minimum atomic E-state index is -0.382. The molecule has 7 nitrogen and oxygen atoms in total. The van der Waals surface area contributed by atoms with Gasteiger partial charge in [-0.1, -0.05) is 6.07 Å². The Morgan fingerprint density at radius 3 is 2.76 bits per heavy atom. The lowest BCUT2D eigenvalue weighted by atomic mass is 10.1. The third-order valence-electron chi connectivity index (χ3n) is 3.61. The van der Waals surface area contributed by atoms with Crippen molar-refractivity contribution in [3.8, 4) is 0 Å². The van der Waals surface area contributed by atoms with Gasteiger partial charge in [-0.25, -0.2) is 9.97 Å². The molecule has 0 fully saturated rings. The van der Waals surface area contributed by atoms with Crippen LogP contribution in [0.4, 0.5) is 5.82 Å². The van der Waals surface area contributed by atoms with Gasteiger partial charge < -0.3 is 9.72 Å². The molecule has 3 rings (SSSR count). The van der Waals surface area contributed by atoms with Gasteiger partial charge in [-0.15, -0.1) is 12.4 Å². The first kappa shape index (κ1) is 18.4. The fraction of sp³-hybridized carbons (Fsp3) is 0.176. The van der Waals surface area contributed by atoms with Crippen molar-refractivity contribution >= 4 is 41.1 Å². The third-order valence-corrected chi connectivity index (χ3v) is 3.61. The summed E-state index contributed by atoms with van der Waals surface area (Å²) in [6.45, 7) is 0.184. The highest BCUT2D eigenvalue weighted by Crippen LogP contribution is 2.18. The second-order valence-corrected chi connectivity index (χ2v) is 5.11. The number of amides is 1. The second-order valence-electron chi connectivity index (χ2n) is 5.11. The minimum absolute atomic E-state index is 0. The lowest BCUT2D eigenvalue weighted by Crippen LogP contribution is -2.33. The summed E-state index contributed by atoms with van der Waals surface area (Å²) in [5.41, 5.74) is 2.04. The number of H-pyrrole nitrogens is 1. The summed E-state index contributed by atoms with van der Waals surface area (Å²) in [5, 5.41) is 0. The molecule has 1 N–H and O–H groups in total. The first-order valence-corrected chi connectivity index (χ1v) is 7.42. The zero-order valence-corrected chi connectivity index (χ0v) is 14.3. The maximum atomic E-state index is 12.9. The molecule has 1 amide bonds. The monoisotopic (exact) mass is 360 g/mol. The number of halogens is 1. The second kappa shape index (κ2) is 8.25. The number of pyridine rings is 1. The Morgan fingerprint density at radius 2 is 2.04 bits per heavy atom. The van der Waals surface area contributed by atoms with Gasteiger partial charge in [0.25, 0.3) is 5.91 Å². The summed E-state index contributed by atoms with van der Waals surface area (Å²) in [7, 11) is 1.32. The first-order chi connectivity index (χ1) is 11.7. The number of hydrogen-bond acceptors (Lipinski definition) is 5. The van der Waals surface area contributed by atoms with Gasteiger partial charge in [-0.2, -0.15) is 0 Å². The van der Waals surface area contributed by atoms with E-state index >= 15 is 0 Å². The molecule has 1 aromatic carbocycles. The Hall–Kier alpha value is -2.93. The number of ether oxygens (including phenoxy) is 1. The molecule has 3 aromatic rings. The van der Waals surface area contributed by atoms with E-state index in [0.29, 0.717) is 11.4 Å². The number of methoxy groups -OCH3 is 1. The number of nitrogens with zero attached hydrogens (tertiary/aromatic N) is 3. The lowest BCUT2D eigenvalue weighted by Gasteiger charge is -2.21. The van der Waals surface area contributed by atoms with E-state index in [4.69, 9.17) is 0 Å². The SMILES string of the molecule is COC(=O)CCN(C(=O)c1ccc2nc[nH]c2c1)c1ccccn1.Cl. The van der Waals surface area contributed by atoms with Crippen LogP contribution >= 0.6 is 12.4 Å². The number of esters is 1. The average Bonchev–Trinajstić information content (AvgIpc) is 3.10. The molecule has 0 saturated carbocycles. The molecule has 0 aliphatic heterocycles. The van der Waals surface area contributed by atoms with Gasteiger partial charge in [0.15, 0.2) is 0 Å². The number of carbonyl (C=O) groups excluding carboxylic acids is 2. The van der Waals surface area contributed by atoms with E-state index in [9.17, 15) is 9.59 Å². The van der Waals surface area contributed by atoms with E-state index in [1.807, 2.05) is 0 Å². The number of benzene rings is 1. The Labute approximate surface area is 150 Å². The zero-order chi connectivity index (χ0) is 16.9. The maximum Gasteiger partial charge on any atom is 0.307 e. The van der Waals surface area contributed by atoms with Gasteiger partial charge in [-0.05, 0) is 30.3 Å². The minimum Gasteiger partial charge on any atom is -0.469 e. The fourth-order valence-electron chi connectivity index (χ4n) is 2.36. The van der Waals surface area contributed by atoms with Crippen LogP contribution in [0.1, 0.15) is 16.8 Å². The van der Waals surface area contributed by atoms with Crippen LogP contribution in [0, 0.1) is 0 Å². The molecule has 0 atom stereocenters. The number of anilines is 1. The first-order valence-electron chi connectivity index (χ1n) is 7.42. The molecule has 0 unspecified atom stereocenters. The van der Waals surface area contributed by atoms with Gasteiger partial charge in [0, 0.05) is 18.3 Å². The van der Waals surface area contributed by atoms with Crippen LogP contribution in [-0.2, 0) is 9.53 Å². The van der Waals surface area contributed by atoms with E-state index < -0.39 is 0 Å². The van der Waals surface area contributed by atoms with Crippen LogP contribution in [0.15, 0.2) is 48.9 Å². The van der Waals surface area contributed by atoms with E-state index in [0.717, 1.165) is 11.0 Å². The molecular formula is C17H17ClN4O3. The molecule has 8 heteroatoms. The Balaban J connectivity index is 0.00000225. The number of nitrogens with one attached hydrogen (secondary N) is 1. The van der Waals surface area contributed by atoms with Crippen LogP contribution in [-0.4, -0.2) is 40.5 Å². The van der Waals surface area contributed by atoms with Crippen LogP contribution in [0.3, 0.4) is 0 Å². The Morgan fingerprint density at radius 1 is 1.20 bits per heavy atom. The maximum absolute atomic E-state index is 12.9. The topological polar surface area (TPSA) is 88.2 Å². The van der Waals surface area contributed by atoms with Crippen molar-refractivity contribution < 1.29 is 14.3 Å². The number of fused-ring (bicyclic) bond motifs is 1.